The van der Waals surface area contributed by atoms with Gasteiger partial charge in [0.1, 0.15) is 0 Å². The third-order valence-electron chi connectivity index (χ3n) is 5.82. The fourth-order valence-corrected chi connectivity index (χ4v) is 4.40. The fraction of sp³-hybridized carbons (Fsp3) is 0.320. The number of benzene rings is 2. The smallest absolute Gasteiger partial charge is 0.246 e. The number of rotatable bonds is 6. The van der Waals surface area contributed by atoms with E-state index in [-0.39, 0.29) is 5.91 Å². The van der Waals surface area contributed by atoms with Gasteiger partial charge in [0, 0.05) is 53.8 Å². The third-order valence-corrected chi connectivity index (χ3v) is 6.17. The molecule has 0 saturated carbocycles. The molecule has 1 aliphatic rings. The van der Waals surface area contributed by atoms with Crippen molar-refractivity contribution in [3.63, 3.8) is 0 Å². The van der Waals surface area contributed by atoms with E-state index >= 15 is 0 Å². The molecule has 0 aliphatic carbocycles. The average Bonchev–Trinajstić information content (AvgIpc) is 3.36. The molecule has 1 aliphatic heterocycles. The third kappa shape index (κ3) is 4.25. The topological polar surface area (TPSA) is 25.2 Å². The number of para-hydroxylation sites is 1. The predicted molar refractivity (Wildman–Crippen MR) is 121 cm³/mol. The highest BCUT2D eigenvalue weighted by Gasteiger charge is 2.28. The minimum absolute atomic E-state index is 0.0575. The van der Waals surface area contributed by atoms with E-state index in [0.717, 1.165) is 31.6 Å². The molecule has 1 fully saturated rings. The summed E-state index contributed by atoms with van der Waals surface area (Å²) in [5, 5.41) is 1.99. The van der Waals surface area contributed by atoms with Gasteiger partial charge in [0.05, 0.1) is 0 Å². The van der Waals surface area contributed by atoms with Crippen LogP contribution >= 0.6 is 11.6 Å². The molecule has 29 heavy (non-hydrogen) atoms. The van der Waals surface area contributed by atoms with Crippen molar-refractivity contribution in [1.82, 2.24) is 9.47 Å². The summed E-state index contributed by atoms with van der Waals surface area (Å²) in [6, 6.07) is 16.2. The van der Waals surface area contributed by atoms with Crippen LogP contribution in [0.25, 0.3) is 17.0 Å². The Hall–Kier alpha value is -2.52. The first-order valence-corrected chi connectivity index (χ1v) is 10.8. The van der Waals surface area contributed by atoms with Crippen LogP contribution in [0.15, 0.2) is 60.8 Å². The molecule has 3 aromatic rings. The molecule has 4 rings (SSSR count). The Morgan fingerprint density at radius 1 is 1.17 bits per heavy atom. The van der Waals surface area contributed by atoms with Crippen LogP contribution in [0.3, 0.4) is 0 Å². The zero-order valence-corrected chi connectivity index (χ0v) is 17.6. The lowest BCUT2D eigenvalue weighted by Crippen LogP contribution is -2.26. The van der Waals surface area contributed by atoms with Crippen molar-refractivity contribution in [2.45, 2.75) is 38.6 Å². The molecular formula is C25H27ClN2O. The van der Waals surface area contributed by atoms with Gasteiger partial charge in [-0.05, 0) is 42.2 Å². The van der Waals surface area contributed by atoms with Gasteiger partial charge in [0.25, 0.3) is 0 Å². The summed E-state index contributed by atoms with van der Waals surface area (Å²) in [7, 11) is 0. The quantitative estimate of drug-likeness (QED) is 0.452. The van der Waals surface area contributed by atoms with Crippen LogP contribution < -0.4 is 0 Å². The van der Waals surface area contributed by atoms with E-state index in [4.69, 9.17) is 11.6 Å². The number of hydrogen-bond acceptors (Lipinski definition) is 1. The number of aromatic nitrogens is 1. The number of hydrogen-bond donors (Lipinski definition) is 0. The van der Waals surface area contributed by atoms with Crippen molar-refractivity contribution < 1.29 is 4.79 Å². The van der Waals surface area contributed by atoms with Gasteiger partial charge in [-0.25, -0.2) is 0 Å². The summed E-state index contributed by atoms with van der Waals surface area (Å²) in [5.74, 6) is 0.447. The van der Waals surface area contributed by atoms with Crippen molar-refractivity contribution in [1.29, 1.82) is 0 Å². The van der Waals surface area contributed by atoms with E-state index in [1.165, 1.54) is 29.3 Å². The molecule has 1 saturated heterocycles. The molecule has 1 unspecified atom stereocenters. The normalized spacial score (nSPS) is 16.9. The lowest BCUT2D eigenvalue weighted by Gasteiger charge is -2.14. The van der Waals surface area contributed by atoms with Crippen molar-refractivity contribution in [3.8, 4) is 0 Å². The minimum Gasteiger partial charge on any atom is -0.347 e. The van der Waals surface area contributed by atoms with Crippen LogP contribution in [0, 0.1) is 0 Å². The maximum Gasteiger partial charge on any atom is 0.246 e. The van der Waals surface area contributed by atoms with Crippen LogP contribution in [-0.4, -0.2) is 28.5 Å². The van der Waals surface area contributed by atoms with Gasteiger partial charge < -0.3 is 9.47 Å². The number of carbonyl (C=O) groups excluding carboxylic acids is 1. The summed E-state index contributed by atoms with van der Waals surface area (Å²) in [4.78, 5) is 14.7. The highest BCUT2D eigenvalue weighted by atomic mass is 35.5. The number of unbranched alkanes of at least 4 members (excludes halogenated alkanes) is 1. The number of nitrogens with zero attached hydrogens (tertiary/aromatic N) is 2. The van der Waals surface area contributed by atoms with Crippen LogP contribution in [-0.2, 0) is 11.3 Å². The molecule has 1 amide bonds. The molecule has 2 heterocycles. The molecule has 0 bridgehead atoms. The molecule has 0 spiro atoms. The van der Waals surface area contributed by atoms with Crippen LogP contribution in [0.4, 0.5) is 0 Å². The number of amides is 1. The minimum atomic E-state index is 0.0575. The van der Waals surface area contributed by atoms with Crippen molar-refractivity contribution in [2.24, 2.45) is 0 Å². The number of fused-ring (bicyclic) bond motifs is 1. The van der Waals surface area contributed by atoms with E-state index in [1.54, 1.807) is 6.08 Å². The van der Waals surface area contributed by atoms with Crippen molar-refractivity contribution in [2.75, 3.05) is 13.1 Å². The SMILES string of the molecule is CCCCn1cc(C2CCN(C(=O)/C=C/c3ccccc3Cl)C2)c2ccccc21. The Balaban J connectivity index is 1.50. The summed E-state index contributed by atoms with van der Waals surface area (Å²) >= 11 is 6.19. The van der Waals surface area contributed by atoms with Gasteiger partial charge in [-0.1, -0.05) is 61.3 Å². The number of likely N-dealkylation sites (tertiary alicyclic amines) is 1. The predicted octanol–water partition coefficient (Wildman–Crippen LogP) is 6.12. The maximum absolute atomic E-state index is 12.7. The summed E-state index contributed by atoms with van der Waals surface area (Å²) in [6.45, 7) is 4.84. The highest BCUT2D eigenvalue weighted by Crippen LogP contribution is 2.34. The Morgan fingerprint density at radius 2 is 1.97 bits per heavy atom. The van der Waals surface area contributed by atoms with Gasteiger partial charge in [0.15, 0.2) is 0 Å². The van der Waals surface area contributed by atoms with Gasteiger partial charge in [-0.2, -0.15) is 0 Å². The average molecular weight is 407 g/mol. The van der Waals surface area contributed by atoms with Crippen LogP contribution in [0.5, 0.6) is 0 Å². The Bertz CT molecular complexity index is 1040. The second-order valence-electron chi connectivity index (χ2n) is 7.77. The van der Waals surface area contributed by atoms with E-state index in [9.17, 15) is 4.79 Å². The molecule has 2 aromatic carbocycles. The van der Waals surface area contributed by atoms with E-state index < -0.39 is 0 Å². The summed E-state index contributed by atoms with van der Waals surface area (Å²) in [5.41, 5.74) is 3.55. The lowest BCUT2D eigenvalue weighted by atomic mass is 9.98. The largest absolute Gasteiger partial charge is 0.347 e. The Morgan fingerprint density at radius 3 is 2.79 bits per heavy atom. The zero-order chi connectivity index (χ0) is 20.2. The van der Waals surface area contributed by atoms with E-state index in [2.05, 4.69) is 42.0 Å². The van der Waals surface area contributed by atoms with Crippen LogP contribution in [0.1, 0.15) is 43.2 Å². The molecular weight excluding hydrogens is 380 g/mol. The highest BCUT2D eigenvalue weighted by molar-refractivity contribution is 6.32. The lowest BCUT2D eigenvalue weighted by molar-refractivity contribution is -0.124. The first-order valence-electron chi connectivity index (χ1n) is 10.5. The molecule has 1 atom stereocenters. The molecule has 3 nitrogen and oxygen atoms in total. The first kappa shape index (κ1) is 19.8. The van der Waals surface area contributed by atoms with Crippen LogP contribution in [0.2, 0.25) is 5.02 Å². The van der Waals surface area contributed by atoms with E-state index in [1.807, 2.05) is 35.2 Å². The second kappa shape index (κ2) is 8.87. The van der Waals surface area contributed by atoms with Crippen molar-refractivity contribution >= 4 is 34.5 Å². The second-order valence-corrected chi connectivity index (χ2v) is 8.18. The van der Waals surface area contributed by atoms with Gasteiger partial charge in [-0.15, -0.1) is 0 Å². The first-order chi connectivity index (χ1) is 14.2. The monoisotopic (exact) mass is 406 g/mol. The van der Waals surface area contributed by atoms with Gasteiger partial charge in [-0.3, -0.25) is 4.79 Å². The summed E-state index contributed by atoms with van der Waals surface area (Å²) < 4.78 is 2.38. The zero-order valence-electron chi connectivity index (χ0n) is 16.9. The number of carbonyl (C=O) groups is 1. The molecule has 0 N–H and O–H groups in total. The Kier molecular flexibility index (Phi) is 6.05. The molecule has 0 radical (unpaired) electrons. The Labute approximate surface area is 177 Å². The summed E-state index contributed by atoms with van der Waals surface area (Å²) in [6.07, 6.45) is 9.15. The van der Waals surface area contributed by atoms with Crippen molar-refractivity contribution in [3.05, 3.63) is 77.0 Å². The molecule has 4 heteroatoms. The number of aryl methyl sites for hydroxylation is 1. The molecule has 1 aromatic heterocycles. The number of halogens is 1. The standard InChI is InChI=1S/C25H27ClN2O/c1-2-3-15-27-18-22(21-9-5-7-11-24(21)27)20-14-16-28(17-20)25(29)13-12-19-8-4-6-10-23(19)26/h4-13,18,20H,2-3,14-17H2,1H3/b13-12+. The van der Waals surface area contributed by atoms with E-state index in [0.29, 0.717) is 10.9 Å². The van der Waals surface area contributed by atoms with Gasteiger partial charge >= 0.3 is 0 Å². The van der Waals surface area contributed by atoms with Gasteiger partial charge in [0.2, 0.25) is 5.91 Å². The fourth-order valence-electron chi connectivity index (χ4n) is 4.20. The maximum atomic E-state index is 12.7. The molecule has 150 valence electrons.